The van der Waals surface area contributed by atoms with Gasteiger partial charge in [0.2, 0.25) is 0 Å². The van der Waals surface area contributed by atoms with E-state index in [0.29, 0.717) is 22.3 Å². The van der Waals surface area contributed by atoms with Crippen molar-refractivity contribution in [3.05, 3.63) is 27.7 Å². The first-order chi connectivity index (χ1) is 8.69. The van der Waals surface area contributed by atoms with Crippen LogP contribution in [0, 0.1) is 0 Å². The lowest BCUT2D eigenvalue weighted by Gasteiger charge is -2.12. The number of aliphatic hydroxyl groups is 1. The molecule has 0 spiro atoms. The summed E-state index contributed by atoms with van der Waals surface area (Å²) >= 11 is 12.0. The highest BCUT2D eigenvalue weighted by Gasteiger charge is 2.09. The Morgan fingerprint density at radius 2 is 1.95 bits per heavy atom. The number of rotatable bonds is 8. The lowest BCUT2D eigenvalue weighted by atomic mass is 10.2. The first-order valence-corrected chi connectivity index (χ1v) is 6.78. The molecule has 0 amide bonds. The van der Waals surface area contributed by atoms with E-state index in [0.717, 1.165) is 31.4 Å². The number of halogens is 3. The predicted molar refractivity (Wildman–Crippen MR) is 82.9 cm³/mol. The van der Waals surface area contributed by atoms with Gasteiger partial charge in [-0.3, -0.25) is 0 Å². The molecule has 110 valence electrons. The van der Waals surface area contributed by atoms with Gasteiger partial charge in [-0.15, -0.1) is 12.4 Å². The molecule has 0 fully saturated rings. The fourth-order valence-corrected chi connectivity index (χ4v) is 2.35. The Kier molecular flexibility index (Phi) is 10.5. The Morgan fingerprint density at radius 3 is 2.58 bits per heavy atom. The molecule has 0 aliphatic heterocycles. The van der Waals surface area contributed by atoms with Crippen LogP contribution in [-0.4, -0.2) is 25.4 Å². The average Bonchev–Trinajstić information content (AvgIpc) is 2.33. The molecule has 0 bridgehead atoms. The van der Waals surface area contributed by atoms with E-state index in [1.54, 1.807) is 13.2 Å². The summed E-state index contributed by atoms with van der Waals surface area (Å²) in [6.45, 7) is 1.83. The van der Waals surface area contributed by atoms with E-state index in [1.807, 2.05) is 6.07 Å². The molecule has 1 aromatic rings. The number of aliphatic hydroxyl groups excluding tert-OH is 1. The van der Waals surface area contributed by atoms with Crippen LogP contribution in [0.3, 0.4) is 0 Å². The molecule has 3 nitrogen and oxygen atoms in total. The Morgan fingerprint density at radius 1 is 1.21 bits per heavy atom. The summed E-state index contributed by atoms with van der Waals surface area (Å²) in [4.78, 5) is 0. The number of unbranched alkanes of at least 4 members (excludes halogenated alkanes) is 2. The van der Waals surface area contributed by atoms with Crippen LogP contribution in [-0.2, 0) is 6.54 Å². The van der Waals surface area contributed by atoms with E-state index in [1.165, 1.54) is 0 Å². The van der Waals surface area contributed by atoms with Gasteiger partial charge in [0.1, 0.15) is 5.75 Å². The monoisotopic (exact) mass is 327 g/mol. The molecule has 0 aliphatic carbocycles. The Labute approximate surface area is 130 Å². The molecular weight excluding hydrogens is 309 g/mol. The fourth-order valence-electron chi connectivity index (χ4n) is 1.74. The van der Waals surface area contributed by atoms with Crippen LogP contribution in [0.5, 0.6) is 5.75 Å². The van der Waals surface area contributed by atoms with Crippen LogP contribution in [0.15, 0.2) is 12.1 Å². The van der Waals surface area contributed by atoms with Crippen molar-refractivity contribution in [1.29, 1.82) is 0 Å². The van der Waals surface area contributed by atoms with Crippen LogP contribution in [0.1, 0.15) is 24.8 Å². The second-order valence-electron chi connectivity index (χ2n) is 4.04. The van der Waals surface area contributed by atoms with Crippen LogP contribution in [0.25, 0.3) is 0 Å². The van der Waals surface area contributed by atoms with Crippen LogP contribution in [0.4, 0.5) is 0 Å². The zero-order valence-electron chi connectivity index (χ0n) is 10.9. The summed E-state index contributed by atoms with van der Waals surface area (Å²) in [5, 5.41) is 13.1. The Balaban J connectivity index is 0.00000324. The van der Waals surface area contributed by atoms with Crippen LogP contribution in [0.2, 0.25) is 10.0 Å². The molecule has 0 saturated carbocycles. The van der Waals surface area contributed by atoms with Gasteiger partial charge in [0.25, 0.3) is 0 Å². The molecule has 6 heteroatoms. The summed E-state index contributed by atoms with van der Waals surface area (Å²) < 4.78 is 5.26. The summed E-state index contributed by atoms with van der Waals surface area (Å²) in [5.74, 6) is 0.670. The van der Waals surface area contributed by atoms with E-state index in [-0.39, 0.29) is 19.0 Å². The third-order valence-corrected chi connectivity index (χ3v) is 3.12. The largest absolute Gasteiger partial charge is 0.495 e. The van der Waals surface area contributed by atoms with Crippen molar-refractivity contribution in [1.82, 2.24) is 5.32 Å². The lowest BCUT2D eigenvalue weighted by Crippen LogP contribution is -2.15. The maximum Gasteiger partial charge on any atom is 0.142 e. The molecule has 19 heavy (non-hydrogen) atoms. The van der Waals surface area contributed by atoms with E-state index in [4.69, 9.17) is 33.0 Å². The normalized spacial score (nSPS) is 10.1. The fraction of sp³-hybridized carbons (Fsp3) is 0.538. The molecule has 0 aromatic heterocycles. The van der Waals surface area contributed by atoms with Crippen molar-refractivity contribution in [2.45, 2.75) is 25.8 Å². The summed E-state index contributed by atoms with van der Waals surface area (Å²) in [5.41, 5.74) is 0.956. The van der Waals surface area contributed by atoms with Crippen molar-refractivity contribution in [3.63, 3.8) is 0 Å². The van der Waals surface area contributed by atoms with Gasteiger partial charge in [-0.1, -0.05) is 23.2 Å². The van der Waals surface area contributed by atoms with E-state index in [2.05, 4.69) is 5.32 Å². The molecule has 0 unspecified atom stereocenters. The maximum atomic E-state index is 8.66. The summed E-state index contributed by atoms with van der Waals surface area (Å²) in [7, 11) is 1.60. The minimum absolute atomic E-state index is 0. The van der Waals surface area contributed by atoms with Gasteiger partial charge in [0, 0.05) is 23.7 Å². The number of benzene rings is 1. The minimum Gasteiger partial charge on any atom is -0.495 e. The number of nitrogens with one attached hydrogen (secondary N) is 1. The highest BCUT2D eigenvalue weighted by molar-refractivity contribution is 6.35. The highest BCUT2D eigenvalue weighted by Crippen LogP contribution is 2.31. The summed E-state index contributed by atoms with van der Waals surface area (Å²) in [6.07, 6.45) is 2.92. The number of ether oxygens (including phenoxy) is 1. The zero-order chi connectivity index (χ0) is 13.4. The SMILES string of the molecule is COc1c(Cl)cc(Cl)cc1CNCCCCCO.Cl. The van der Waals surface area contributed by atoms with E-state index < -0.39 is 0 Å². The molecule has 2 N–H and O–H groups in total. The predicted octanol–water partition coefficient (Wildman–Crippen LogP) is 3.68. The summed E-state index contributed by atoms with van der Waals surface area (Å²) in [6, 6.07) is 3.53. The molecule has 0 radical (unpaired) electrons. The zero-order valence-corrected chi connectivity index (χ0v) is 13.2. The molecule has 0 atom stereocenters. The van der Waals surface area contributed by atoms with Gasteiger partial charge in [-0.05, 0) is 37.9 Å². The second-order valence-corrected chi connectivity index (χ2v) is 4.88. The van der Waals surface area contributed by atoms with Gasteiger partial charge >= 0.3 is 0 Å². The molecule has 0 saturated heterocycles. The van der Waals surface area contributed by atoms with Crippen LogP contribution < -0.4 is 10.1 Å². The molecule has 1 rings (SSSR count). The lowest BCUT2D eigenvalue weighted by molar-refractivity contribution is 0.283. The molecular formula is C13H20Cl3NO2. The first kappa shape index (κ1) is 18.8. The Bertz CT molecular complexity index is 375. The molecule has 0 heterocycles. The topological polar surface area (TPSA) is 41.5 Å². The highest BCUT2D eigenvalue weighted by atomic mass is 35.5. The standard InChI is InChI=1S/C13H19Cl2NO2.ClH/c1-18-13-10(7-11(14)8-12(13)15)9-16-5-3-2-4-6-17;/h7-8,16-17H,2-6,9H2,1H3;1H. The van der Waals surface area contributed by atoms with Gasteiger partial charge in [-0.2, -0.15) is 0 Å². The third kappa shape index (κ3) is 6.68. The number of hydrogen-bond donors (Lipinski definition) is 2. The number of hydrogen-bond acceptors (Lipinski definition) is 3. The van der Waals surface area contributed by atoms with Gasteiger partial charge in [0.05, 0.1) is 12.1 Å². The first-order valence-electron chi connectivity index (χ1n) is 6.02. The second kappa shape index (κ2) is 10.6. The van der Waals surface area contributed by atoms with Crippen LogP contribution >= 0.6 is 35.6 Å². The van der Waals surface area contributed by atoms with Gasteiger partial charge in [0.15, 0.2) is 0 Å². The van der Waals surface area contributed by atoms with Crippen molar-refractivity contribution < 1.29 is 9.84 Å². The van der Waals surface area contributed by atoms with Crippen molar-refractivity contribution >= 4 is 35.6 Å². The van der Waals surface area contributed by atoms with Crippen molar-refractivity contribution in [2.24, 2.45) is 0 Å². The number of methoxy groups -OCH3 is 1. The third-order valence-electron chi connectivity index (χ3n) is 2.62. The minimum atomic E-state index is 0. The van der Waals surface area contributed by atoms with Crippen molar-refractivity contribution in [3.8, 4) is 5.75 Å². The quantitative estimate of drug-likeness (QED) is 0.715. The smallest absolute Gasteiger partial charge is 0.142 e. The van der Waals surface area contributed by atoms with E-state index >= 15 is 0 Å². The van der Waals surface area contributed by atoms with Gasteiger partial charge in [-0.25, -0.2) is 0 Å². The average molecular weight is 329 g/mol. The Hall–Kier alpha value is -0.190. The molecule has 1 aromatic carbocycles. The van der Waals surface area contributed by atoms with E-state index in [9.17, 15) is 0 Å². The van der Waals surface area contributed by atoms with Gasteiger partial charge < -0.3 is 15.2 Å². The maximum absolute atomic E-state index is 8.66. The van der Waals surface area contributed by atoms with Crippen molar-refractivity contribution in [2.75, 3.05) is 20.3 Å². The molecule has 0 aliphatic rings.